The zero-order chi connectivity index (χ0) is 17.3. The van der Waals surface area contributed by atoms with Gasteiger partial charge < -0.3 is 9.84 Å². The molecule has 4 rings (SSSR count). The number of aliphatic hydroxyl groups is 1. The fourth-order valence-corrected chi connectivity index (χ4v) is 4.57. The Labute approximate surface area is 150 Å². The number of rotatable bonds is 5. The highest BCUT2D eigenvalue weighted by Crippen LogP contribution is 2.37. The minimum absolute atomic E-state index is 0.211. The normalized spacial score (nSPS) is 26.7. The van der Waals surface area contributed by atoms with E-state index in [0.717, 1.165) is 23.6 Å². The van der Waals surface area contributed by atoms with E-state index in [2.05, 4.69) is 11.9 Å². The van der Waals surface area contributed by atoms with Gasteiger partial charge in [-0.1, -0.05) is 60.7 Å². The summed E-state index contributed by atoms with van der Waals surface area (Å²) in [5.74, 6) is 0. The Morgan fingerprint density at radius 2 is 1.48 bits per heavy atom. The quantitative estimate of drug-likeness (QED) is 0.905. The van der Waals surface area contributed by atoms with Crippen molar-refractivity contribution in [3.8, 4) is 0 Å². The van der Waals surface area contributed by atoms with Gasteiger partial charge in [0.15, 0.2) is 0 Å². The molecule has 0 aromatic heterocycles. The third-order valence-electron chi connectivity index (χ3n) is 6.12. The van der Waals surface area contributed by atoms with Crippen LogP contribution in [-0.2, 0) is 10.3 Å². The van der Waals surface area contributed by atoms with Gasteiger partial charge in [0.1, 0.15) is 5.60 Å². The molecule has 0 amide bonds. The minimum atomic E-state index is -1.11. The second-order valence-corrected chi connectivity index (χ2v) is 7.48. The maximum absolute atomic E-state index is 11.6. The second-order valence-electron chi connectivity index (χ2n) is 7.48. The smallest absolute Gasteiger partial charge is 0.138 e. The van der Waals surface area contributed by atoms with Crippen LogP contribution in [0.2, 0.25) is 0 Å². The Hall–Kier alpha value is -1.68. The monoisotopic (exact) mass is 337 g/mol. The van der Waals surface area contributed by atoms with Gasteiger partial charge in [0.2, 0.25) is 0 Å². The third-order valence-corrected chi connectivity index (χ3v) is 6.12. The van der Waals surface area contributed by atoms with Gasteiger partial charge >= 0.3 is 0 Å². The SMILES string of the molecule is CN1[C@H]2CC[C@H](OCC(O)(c3ccccc3)c3ccccc3)[C@@H]1CC2. The molecule has 1 N–H and O–H groups in total. The van der Waals surface area contributed by atoms with Crippen molar-refractivity contribution in [2.45, 2.75) is 49.5 Å². The predicted molar refractivity (Wildman–Crippen MR) is 99.4 cm³/mol. The van der Waals surface area contributed by atoms with Gasteiger partial charge in [0.25, 0.3) is 0 Å². The zero-order valence-electron chi connectivity index (χ0n) is 14.8. The van der Waals surface area contributed by atoms with Crippen molar-refractivity contribution < 1.29 is 9.84 Å². The molecule has 3 atom stereocenters. The molecule has 2 fully saturated rings. The number of nitrogens with zero attached hydrogens (tertiary/aromatic N) is 1. The van der Waals surface area contributed by atoms with Gasteiger partial charge in [-0.2, -0.15) is 0 Å². The van der Waals surface area contributed by atoms with Crippen LogP contribution in [0.5, 0.6) is 0 Å². The highest BCUT2D eigenvalue weighted by atomic mass is 16.5. The predicted octanol–water partition coefficient (Wildman–Crippen LogP) is 3.56. The first-order valence-corrected chi connectivity index (χ1v) is 9.35. The van der Waals surface area contributed by atoms with Crippen LogP contribution in [0, 0.1) is 0 Å². The molecule has 132 valence electrons. The van der Waals surface area contributed by atoms with Crippen LogP contribution in [0.25, 0.3) is 0 Å². The van der Waals surface area contributed by atoms with Crippen LogP contribution in [0.4, 0.5) is 0 Å². The Bertz CT molecular complexity index is 648. The molecule has 0 radical (unpaired) electrons. The first-order chi connectivity index (χ1) is 12.2. The molecule has 2 aromatic carbocycles. The van der Waals surface area contributed by atoms with Crippen molar-refractivity contribution in [3.05, 3.63) is 71.8 Å². The molecule has 25 heavy (non-hydrogen) atoms. The number of hydrogen-bond acceptors (Lipinski definition) is 3. The Kier molecular flexibility index (Phi) is 4.63. The lowest BCUT2D eigenvalue weighted by atomic mass is 9.87. The third kappa shape index (κ3) is 3.12. The van der Waals surface area contributed by atoms with Crippen LogP contribution in [0.1, 0.15) is 36.8 Å². The minimum Gasteiger partial charge on any atom is -0.378 e. The van der Waals surface area contributed by atoms with Crippen LogP contribution in [0.15, 0.2) is 60.7 Å². The van der Waals surface area contributed by atoms with E-state index in [1.165, 1.54) is 19.3 Å². The van der Waals surface area contributed by atoms with Crippen LogP contribution < -0.4 is 0 Å². The van der Waals surface area contributed by atoms with Crippen molar-refractivity contribution in [2.24, 2.45) is 0 Å². The molecular weight excluding hydrogens is 310 g/mol. The molecular formula is C22H27NO2. The molecule has 3 heteroatoms. The molecule has 0 spiro atoms. The van der Waals surface area contributed by atoms with Gasteiger partial charge in [0, 0.05) is 12.1 Å². The summed E-state index contributed by atoms with van der Waals surface area (Å²) in [6.07, 6.45) is 5.00. The lowest BCUT2D eigenvalue weighted by molar-refractivity contribution is -0.0894. The van der Waals surface area contributed by atoms with E-state index in [9.17, 15) is 5.11 Å². The van der Waals surface area contributed by atoms with Gasteiger partial charge in [-0.15, -0.1) is 0 Å². The maximum atomic E-state index is 11.6. The van der Waals surface area contributed by atoms with E-state index in [1.807, 2.05) is 60.7 Å². The molecule has 2 aliphatic rings. The summed E-state index contributed by atoms with van der Waals surface area (Å²) in [6.45, 7) is 0.292. The van der Waals surface area contributed by atoms with Crippen molar-refractivity contribution in [1.29, 1.82) is 0 Å². The van der Waals surface area contributed by atoms with Crippen LogP contribution in [-0.4, -0.2) is 41.8 Å². The summed E-state index contributed by atoms with van der Waals surface area (Å²) in [5, 5.41) is 11.6. The fraction of sp³-hybridized carbons (Fsp3) is 0.455. The number of fused-ring (bicyclic) bond motifs is 2. The number of benzene rings is 2. The summed E-state index contributed by atoms with van der Waals surface area (Å²) >= 11 is 0. The lowest BCUT2D eigenvalue weighted by Gasteiger charge is -2.39. The van der Waals surface area contributed by atoms with E-state index in [-0.39, 0.29) is 6.10 Å². The standard InChI is InChI=1S/C22H27NO2/c1-23-19-12-14-20(23)21(15-13-19)25-16-22(24,17-8-4-2-5-9-17)18-10-6-3-7-11-18/h2-11,19-21,24H,12-16H2,1H3/t19-,20+,21+/m1/s1. The number of ether oxygens (including phenoxy) is 1. The summed E-state index contributed by atoms with van der Waals surface area (Å²) in [4.78, 5) is 2.48. The van der Waals surface area contributed by atoms with Crippen LogP contribution >= 0.6 is 0 Å². The van der Waals surface area contributed by atoms with Crippen molar-refractivity contribution in [3.63, 3.8) is 0 Å². The molecule has 0 aliphatic carbocycles. The number of piperidine rings is 1. The highest BCUT2D eigenvalue weighted by molar-refractivity contribution is 5.36. The van der Waals surface area contributed by atoms with Gasteiger partial charge in [-0.3, -0.25) is 4.90 Å². The summed E-state index contributed by atoms with van der Waals surface area (Å²) in [6, 6.07) is 21.0. The molecule has 2 saturated heterocycles. The van der Waals surface area contributed by atoms with Gasteiger partial charge in [-0.05, 0) is 43.9 Å². The Morgan fingerprint density at radius 3 is 2.08 bits per heavy atom. The first-order valence-electron chi connectivity index (χ1n) is 9.35. The molecule has 0 saturated carbocycles. The fourth-order valence-electron chi connectivity index (χ4n) is 4.57. The maximum Gasteiger partial charge on any atom is 0.138 e. The average molecular weight is 337 g/mol. The van der Waals surface area contributed by atoms with Gasteiger partial charge in [-0.25, -0.2) is 0 Å². The number of likely N-dealkylation sites (N-methyl/N-ethyl adjacent to an activating group) is 1. The molecule has 2 bridgehead atoms. The lowest BCUT2D eigenvalue weighted by Crippen LogP contribution is -2.47. The zero-order valence-corrected chi connectivity index (χ0v) is 14.8. The first kappa shape index (κ1) is 16.8. The second kappa shape index (κ2) is 6.91. The summed E-state index contributed by atoms with van der Waals surface area (Å²) in [5.41, 5.74) is 0.653. The highest BCUT2D eigenvalue weighted by Gasteiger charge is 2.42. The molecule has 2 aliphatic heterocycles. The van der Waals surface area contributed by atoms with Crippen molar-refractivity contribution >= 4 is 0 Å². The Morgan fingerprint density at radius 1 is 0.920 bits per heavy atom. The van der Waals surface area contributed by atoms with E-state index >= 15 is 0 Å². The Balaban J connectivity index is 1.57. The number of hydrogen-bond donors (Lipinski definition) is 1. The molecule has 3 nitrogen and oxygen atoms in total. The topological polar surface area (TPSA) is 32.7 Å². The van der Waals surface area contributed by atoms with E-state index in [4.69, 9.17) is 4.74 Å². The van der Waals surface area contributed by atoms with Gasteiger partial charge in [0.05, 0.1) is 12.7 Å². The van der Waals surface area contributed by atoms with Crippen molar-refractivity contribution in [1.82, 2.24) is 4.90 Å². The summed E-state index contributed by atoms with van der Waals surface area (Å²) in [7, 11) is 2.22. The van der Waals surface area contributed by atoms with Crippen LogP contribution in [0.3, 0.4) is 0 Å². The molecule has 2 heterocycles. The largest absolute Gasteiger partial charge is 0.378 e. The van der Waals surface area contributed by atoms with E-state index in [0.29, 0.717) is 12.6 Å². The average Bonchev–Trinajstić information content (AvgIpc) is 2.90. The molecule has 2 aromatic rings. The van der Waals surface area contributed by atoms with E-state index in [1.54, 1.807) is 0 Å². The van der Waals surface area contributed by atoms with Crippen molar-refractivity contribution in [2.75, 3.05) is 13.7 Å². The van der Waals surface area contributed by atoms with E-state index < -0.39 is 5.60 Å². The molecule has 0 unspecified atom stereocenters. The summed E-state index contributed by atoms with van der Waals surface area (Å²) < 4.78 is 6.37.